The molecule has 0 bridgehead atoms. The van der Waals surface area contributed by atoms with Crippen molar-refractivity contribution in [2.24, 2.45) is 11.7 Å². The summed E-state index contributed by atoms with van der Waals surface area (Å²) in [6, 6.07) is -0.576. The zero-order valence-corrected chi connectivity index (χ0v) is 10.5. The molecule has 1 heterocycles. The molecule has 1 aromatic heterocycles. The predicted molar refractivity (Wildman–Crippen MR) is 65.9 cm³/mol. The number of carbonyl (C=O) groups excluding carboxylic acids is 1. The number of aromatic nitrogens is 2. The predicted octanol–water partition coefficient (Wildman–Crippen LogP) is 0.280. The second-order valence-electron chi connectivity index (χ2n) is 4.55. The van der Waals surface area contributed by atoms with Gasteiger partial charge in [0.25, 0.3) is 0 Å². The summed E-state index contributed by atoms with van der Waals surface area (Å²) in [5, 5.41) is 15.0. The summed E-state index contributed by atoms with van der Waals surface area (Å²) in [7, 11) is 0. The van der Waals surface area contributed by atoms with Crippen LogP contribution in [-0.2, 0) is 16.1 Å². The Morgan fingerprint density at radius 3 is 2.78 bits per heavy atom. The lowest BCUT2D eigenvalue weighted by atomic mass is 10.0. The Morgan fingerprint density at radius 1 is 1.56 bits per heavy atom. The van der Waals surface area contributed by atoms with E-state index >= 15 is 0 Å². The summed E-state index contributed by atoms with van der Waals surface area (Å²) in [5.41, 5.74) is 6.17. The second-order valence-corrected chi connectivity index (χ2v) is 4.55. The molecule has 100 valence electrons. The molecule has 0 saturated carbocycles. The smallest absolute Gasteiger partial charge is 0.325 e. The first-order valence-corrected chi connectivity index (χ1v) is 5.69. The third-order valence-corrected chi connectivity index (χ3v) is 2.26. The number of nitrogens with zero attached hydrogens (tertiary/aromatic N) is 2. The molecule has 1 atom stereocenters. The average molecular weight is 254 g/mol. The Hall–Kier alpha value is -1.89. The van der Waals surface area contributed by atoms with Crippen molar-refractivity contribution in [1.82, 2.24) is 9.78 Å². The van der Waals surface area contributed by atoms with Gasteiger partial charge in [0.1, 0.15) is 6.54 Å². The topological polar surface area (TPSA) is 110 Å². The standard InChI is InChI=1S/C11H18N4O3/c1-7(2)3-9(12)11(18)14-8-4-13-15(5-8)6-10(16)17/h4-5,7,9H,3,6,12H2,1-2H3,(H,14,18)(H,16,17). The van der Waals surface area contributed by atoms with Crippen molar-refractivity contribution in [3.63, 3.8) is 0 Å². The first-order valence-electron chi connectivity index (χ1n) is 5.69. The van der Waals surface area contributed by atoms with E-state index in [1.54, 1.807) is 0 Å². The van der Waals surface area contributed by atoms with Crippen molar-refractivity contribution in [2.45, 2.75) is 32.9 Å². The summed E-state index contributed by atoms with van der Waals surface area (Å²) in [6.45, 7) is 3.73. The molecule has 0 aliphatic rings. The third kappa shape index (κ3) is 4.54. The van der Waals surface area contributed by atoms with Crippen LogP contribution >= 0.6 is 0 Å². The van der Waals surface area contributed by atoms with Crippen LogP contribution in [-0.4, -0.2) is 32.8 Å². The summed E-state index contributed by atoms with van der Waals surface area (Å²) in [4.78, 5) is 22.2. The number of anilines is 1. The van der Waals surface area contributed by atoms with Crippen LogP contribution in [0.15, 0.2) is 12.4 Å². The van der Waals surface area contributed by atoms with Gasteiger partial charge < -0.3 is 16.2 Å². The first kappa shape index (κ1) is 14.2. The fourth-order valence-corrected chi connectivity index (χ4v) is 1.50. The van der Waals surface area contributed by atoms with E-state index in [-0.39, 0.29) is 12.5 Å². The molecule has 1 amide bonds. The number of nitrogens with one attached hydrogen (secondary N) is 1. The molecule has 0 aromatic carbocycles. The van der Waals surface area contributed by atoms with Crippen LogP contribution in [0.1, 0.15) is 20.3 Å². The van der Waals surface area contributed by atoms with Crippen LogP contribution in [0.3, 0.4) is 0 Å². The molecule has 7 nitrogen and oxygen atoms in total. The Balaban J connectivity index is 2.54. The van der Waals surface area contributed by atoms with E-state index in [1.165, 1.54) is 17.1 Å². The van der Waals surface area contributed by atoms with Gasteiger partial charge in [0.2, 0.25) is 5.91 Å². The van der Waals surface area contributed by atoms with Gasteiger partial charge in [0.05, 0.1) is 17.9 Å². The van der Waals surface area contributed by atoms with Gasteiger partial charge >= 0.3 is 5.97 Å². The van der Waals surface area contributed by atoms with Crippen molar-refractivity contribution in [1.29, 1.82) is 0 Å². The zero-order valence-electron chi connectivity index (χ0n) is 10.5. The lowest BCUT2D eigenvalue weighted by Gasteiger charge is -2.12. The normalized spacial score (nSPS) is 12.4. The largest absolute Gasteiger partial charge is 0.480 e. The van der Waals surface area contributed by atoms with Crippen molar-refractivity contribution in [2.75, 3.05) is 5.32 Å². The number of hydrogen-bond acceptors (Lipinski definition) is 4. The number of carboxylic acid groups (broad SMARTS) is 1. The Labute approximate surface area is 105 Å². The molecular weight excluding hydrogens is 236 g/mol. The van der Waals surface area contributed by atoms with Gasteiger partial charge in [-0.05, 0) is 12.3 Å². The van der Waals surface area contributed by atoms with Crippen LogP contribution in [0.2, 0.25) is 0 Å². The third-order valence-electron chi connectivity index (χ3n) is 2.26. The minimum absolute atomic E-state index is 0.242. The minimum atomic E-state index is -0.993. The van der Waals surface area contributed by atoms with Gasteiger partial charge in [-0.3, -0.25) is 14.3 Å². The van der Waals surface area contributed by atoms with Gasteiger partial charge in [0.15, 0.2) is 0 Å². The molecule has 0 fully saturated rings. The van der Waals surface area contributed by atoms with Crippen LogP contribution in [0.4, 0.5) is 5.69 Å². The molecule has 0 spiro atoms. The van der Waals surface area contributed by atoms with Crippen molar-refractivity contribution in [3.05, 3.63) is 12.4 Å². The van der Waals surface area contributed by atoms with Gasteiger partial charge in [-0.15, -0.1) is 0 Å². The summed E-state index contributed by atoms with van der Waals surface area (Å²) in [5.74, 6) is -0.952. The van der Waals surface area contributed by atoms with Gasteiger partial charge in [-0.25, -0.2) is 0 Å². The maximum absolute atomic E-state index is 11.7. The monoisotopic (exact) mass is 254 g/mol. The van der Waals surface area contributed by atoms with Crippen LogP contribution in [0.25, 0.3) is 0 Å². The van der Waals surface area contributed by atoms with Gasteiger partial charge in [-0.1, -0.05) is 13.8 Å². The quantitative estimate of drug-likeness (QED) is 0.675. The second kappa shape index (κ2) is 6.15. The number of hydrogen-bond donors (Lipinski definition) is 3. The van der Waals surface area contributed by atoms with Crippen molar-refractivity contribution in [3.8, 4) is 0 Å². The average Bonchev–Trinajstić information content (AvgIpc) is 2.63. The van der Waals surface area contributed by atoms with Gasteiger partial charge in [-0.2, -0.15) is 5.10 Å². The molecule has 18 heavy (non-hydrogen) atoms. The van der Waals surface area contributed by atoms with Crippen LogP contribution in [0, 0.1) is 5.92 Å². The number of carbonyl (C=O) groups is 2. The number of amides is 1. The highest BCUT2D eigenvalue weighted by molar-refractivity contribution is 5.94. The summed E-state index contributed by atoms with van der Waals surface area (Å²) >= 11 is 0. The molecule has 0 aliphatic heterocycles. The molecule has 1 unspecified atom stereocenters. The molecule has 4 N–H and O–H groups in total. The summed E-state index contributed by atoms with van der Waals surface area (Å²) in [6.07, 6.45) is 3.44. The number of rotatable bonds is 6. The molecule has 7 heteroatoms. The molecular formula is C11H18N4O3. The SMILES string of the molecule is CC(C)CC(N)C(=O)Nc1cnn(CC(=O)O)c1. The molecule has 0 saturated heterocycles. The van der Waals surface area contributed by atoms with E-state index in [9.17, 15) is 9.59 Å². The Bertz CT molecular complexity index is 428. The lowest BCUT2D eigenvalue weighted by molar-refractivity contribution is -0.137. The van der Waals surface area contributed by atoms with E-state index in [2.05, 4.69) is 10.4 Å². The highest BCUT2D eigenvalue weighted by atomic mass is 16.4. The number of nitrogens with two attached hydrogens (primary N) is 1. The lowest BCUT2D eigenvalue weighted by Crippen LogP contribution is -2.36. The molecule has 1 aromatic rings. The van der Waals surface area contributed by atoms with E-state index < -0.39 is 12.0 Å². The van der Waals surface area contributed by atoms with Crippen molar-refractivity contribution >= 4 is 17.6 Å². The van der Waals surface area contributed by atoms with E-state index in [4.69, 9.17) is 10.8 Å². The fraction of sp³-hybridized carbons (Fsp3) is 0.545. The minimum Gasteiger partial charge on any atom is -0.480 e. The first-order chi connectivity index (χ1) is 8.38. The van der Waals surface area contributed by atoms with Crippen LogP contribution < -0.4 is 11.1 Å². The van der Waals surface area contributed by atoms with Gasteiger partial charge in [0, 0.05) is 6.20 Å². The van der Waals surface area contributed by atoms with E-state index in [1.807, 2.05) is 13.8 Å². The maximum Gasteiger partial charge on any atom is 0.325 e. The highest BCUT2D eigenvalue weighted by Crippen LogP contribution is 2.08. The number of carboxylic acids is 1. The molecule has 1 rings (SSSR count). The van der Waals surface area contributed by atoms with E-state index in [0.29, 0.717) is 18.0 Å². The highest BCUT2D eigenvalue weighted by Gasteiger charge is 2.15. The maximum atomic E-state index is 11.7. The zero-order chi connectivity index (χ0) is 13.7. The molecule has 0 radical (unpaired) electrons. The summed E-state index contributed by atoms with van der Waals surface area (Å²) < 4.78 is 1.23. The van der Waals surface area contributed by atoms with Crippen molar-refractivity contribution < 1.29 is 14.7 Å². The Kier molecular flexibility index (Phi) is 4.85. The fourth-order valence-electron chi connectivity index (χ4n) is 1.50. The molecule has 0 aliphatic carbocycles. The number of aliphatic carboxylic acids is 1. The van der Waals surface area contributed by atoms with E-state index in [0.717, 1.165) is 0 Å². The van der Waals surface area contributed by atoms with Crippen LogP contribution in [0.5, 0.6) is 0 Å². The Morgan fingerprint density at radius 2 is 2.22 bits per heavy atom.